The fourth-order valence-corrected chi connectivity index (χ4v) is 0.489. The summed E-state index contributed by atoms with van der Waals surface area (Å²) in [5.41, 5.74) is 0.341. The van der Waals surface area contributed by atoms with Crippen LogP contribution in [0.3, 0.4) is 0 Å². The number of thiol groups is 1. The lowest BCUT2D eigenvalue weighted by atomic mass is 10.3. The monoisotopic (exact) mass is 157 g/mol. The topological polar surface area (TPSA) is 20.3 Å². The summed E-state index contributed by atoms with van der Waals surface area (Å²) in [6.07, 6.45) is 0. The van der Waals surface area contributed by atoms with Gasteiger partial charge in [-0.15, -0.1) is 12.6 Å². The average molecular weight is 157 g/mol. The molecule has 1 amide bonds. The zero-order valence-corrected chi connectivity index (χ0v) is 7.11. The standard InChI is InChI=1S/C7H11NOS/c1-5(6(2)10)7(9)8(3)4/h10H,1-2H2,3-4H3. The number of carbonyl (C=O) groups is 1. The fourth-order valence-electron chi connectivity index (χ4n) is 0.393. The molecule has 0 saturated carbocycles. The molecule has 0 N–H and O–H groups in total. The van der Waals surface area contributed by atoms with Crippen LogP contribution in [0.5, 0.6) is 0 Å². The van der Waals surface area contributed by atoms with Gasteiger partial charge in [0.05, 0.1) is 0 Å². The molecule has 0 rings (SSSR count). The largest absolute Gasteiger partial charge is 0.345 e. The third-order valence-corrected chi connectivity index (χ3v) is 1.28. The third-order valence-electron chi connectivity index (χ3n) is 1.01. The van der Waals surface area contributed by atoms with E-state index in [-0.39, 0.29) is 5.91 Å². The van der Waals surface area contributed by atoms with Gasteiger partial charge in [0.15, 0.2) is 0 Å². The van der Waals surface area contributed by atoms with Gasteiger partial charge in [0.25, 0.3) is 5.91 Å². The molecule has 2 nitrogen and oxygen atoms in total. The van der Waals surface area contributed by atoms with Crippen molar-refractivity contribution in [2.45, 2.75) is 0 Å². The molecular formula is C7H11NOS. The average Bonchev–Trinajstić information content (AvgIpc) is 1.84. The maximum absolute atomic E-state index is 11.0. The van der Waals surface area contributed by atoms with Gasteiger partial charge in [-0.25, -0.2) is 0 Å². The Balaban J connectivity index is 4.24. The Kier molecular flexibility index (Phi) is 3.22. The number of nitrogens with zero attached hydrogens (tertiary/aromatic N) is 1. The summed E-state index contributed by atoms with van der Waals surface area (Å²) in [7, 11) is 3.31. The van der Waals surface area contributed by atoms with Crippen molar-refractivity contribution in [1.29, 1.82) is 0 Å². The van der Waals surface area contributed by atoms with Crippen LogP contribution in [-0.4, -0.2) is 24.9 Å². The molecule has 0 aliphatic heterocycles. The first-order chi connectivity index (χ1) is 4.46. The van der Waals surface area contributed by atoms with Crippen molar-refractivity contribution in [2.75, 3.05) is 14.1 Å². The van der Waals surface area contributed by atoms with Crippen LogP contribution in [0, 0.1) is 0 Å². The molecule has 10 heavy (non-hydrogen) atoms. The Morgan fingerprint density at radius 3 is 1.90 bits per heavy atom. The van der Waals surface area contributed by atoms with E-state index >= 15 is 0 Å². The second kappa shape index (κ2) is 3.46. The maximum atomic E-state index is 11.0. The van der Waals surface area contributed by atoms with E-state index in [1.54, 1.807) is 14.1 Å². The molecule has 0 aromatic carbocycles. The second-order valence-electron chi connectivity index (χ2n) is 2.12. The lowest BCUT2D eigenvalue weighted by Gasteiger charge is -2.10. The highest BCUT2D eigenvalue weighted by Crippen LogP contribution is 2.10. The van der Waals surface area contributed by atoms with E-state index < -0.39 is 0 Å². The first kappa shape index (κ1) is 9.30. The zero-order chi connectivity index (χ0) is 8.31. The molecule has 3 heteroatoms. The summed E-state index contributed by atoms with van der Waals surface area (Å²) in [5.74, 6) is -0.153. The van der Waals surface area contributed by atoms with Gasteiger partial charge in [0.1, 0.15) is 0 Å². The Morgan fingerprint density at radius 1 is 1.40 bits per heavy atom. The lowest BCUT2D eigenvalue weighted by molar-refractivity contribution is -0.124. The number of amides is 1. The van der Waals surface area contributed by atoms with Crippen LogP contribution in [0.1, 0.15) is 0 Å². The molecule has 0 aliphatic rings. The molecule has 0 saturated heterocycles. The van der Waals surface area contributed by atoms with Gasteiger partial charge >= 0.3 is 0 Å². The molecule has 0 aromatic rings. The van der Waals surface area contributed by atoms with Gasteiger partial charge in [0.2, 0.25) is 0 Å². The first-order valence-electron chi connectivity index (χ1n) is 2.75. The van der Waals surface area contributed by atoms with Crippen molar-refractivity contribution < 1.29 is 4.79 Å². The summed E-state index contributed by atoms with van der Waals surface area (Å²) in [6.45, 7) is 6.98. The highest BCUT2D eigenvalue weighted by atomic mass is 32.1. The predicted octanol–water partition coefficient (Wildman–Crippen LogP) is 1.07. The normalized spacial score (nSPS) is 8.70. The Hall–Kier alpha value is -0.700. The van der Waals surface area contributed by atoms with Crippen LogP contribution in [0.2, 0.25) is 0 Å². The molecule has 56 valence electrons. The zero-order valence-electron chi connectivity index (χ0n) is 6.22. The minimum absolute atomic E-state index is 0.153. The molecule has 0 radical (unpaired) electrons. The molecule has 0 bridgehead atoms. The van der Waals surface area contributed by atoms with Crippen molar-refractivity contribution in [3.8, 4) is 0 Å². The Labute approximate surface area is 66.6 Å². The molecule has 0 fully saturated rings. The predicted molar refractivity (Wildman–Crippen MR) is 46.0 cm³/mol. The quantitative estimate of drug-likeness (QED) is 0.361. The molecule has 0 unspecified atom stereocenters. The van der Waals surface area contributed by atoms with Crippen LogP contribution in [-0.2, 0) is 4.79 Å². The van der Waals surface area contributed by atoms with Gasteiger partial charge in [-0.05, 0) is 0 Å². The van der Waals surface area contributed by atoms with Crippen LogP contribution in [0.15, 0.2) is 23.6 Å². The number of rotatable bonds is 2. The molecular weight excluding hydrogens is 146 g/mol. The van der Waals surface area contributed by atoms with E-state index in [0.29, 0.717) is 10.5 Å². The lowest BCUT2D eigenvalue weighted by Crippen LogP contribution is -2.22. The van der Waals surface area contributed by atoms with Crippen LogP contribution in [0.25, 0.3) is 0 Å². The van der Waals surface area contributed by atoms with Crippen molar-refractivity contribution in [2.24, 2.45) is 0 Å². The summed E-state index contributed by atoms with van der Waals surface area (Å²) in [5, 5.41) is 0. The van der Waals surface area contributed by atoms with E-state index in [2.05, 4.69) is 25.8 Å². The highest BCUT2D eigenvalue weighted by Gasteiger charge is 2.08. The Bertz CT molecular complexity index is 184. The van der Waals surface area contributed by atoms with Crippen LogP contribution < -0.4 is 0 Å². The summed E-state index contributed by atoms with van der Waals surface area (Å²) in [4.78, 5) is 12.9. The van der Waals surface area contributed by atoms with Crippen molar-refractivity contribution in [1.82, 2.24) is 4.90 Å². The van der Waals surface area contributed by atoms with Crippen LogP contribution in [0.4, 0.5) is 0 Å². The third kappa shape index (κ3) is 2.27. The van der Waals surface area contributed by atoms with E-state index in [1.165, 1.54) is 4.90 Å². The number of hydrogen-bond donors (Lipinski definition) is 1. The molecule has 0 aliphatic carbocycles. The van der Waals surface area contributed by atoms with Gasteiger partial charge in [-0.2, -0.15) is 0 Å². The van der Waals surface area contributed by atoms with E-state index in [9.17, 15) is 4.79 Å². The Morgan fingerprint density at radius 2 is 1.80 bits per heavy atom. The van der Waals surface area contributed by atoms with Gasteiger partial charge in [-0.3, -0.25) is 4.79 Å². The van der Waals surface area contributed by atoms with E-state index in [4.69, 9.17) is 0 Å². The summed E-state index contributed by atoms with van der Waals surface area (Å²) < 4.78 is 0. The fraction of sp³-hybridized carbons (Fsp3) is 0.286. The van der Waals surface area contributed by atoms with Gasteiger partial charge < -0.3 is 4.90 Å². The molecule has 0 aromatic heterocycles. The minimum atomic E-state index is -0.153. The number of hydrogen-bond acceptors (Lipinski definition) is 2. The van der Waals surface area contributed by atoms with Gasteiger partial charge in [-0.1, -0.05) is 13.2 Å². The smallest absolute Gasteiger partial charge is 0.253 e. The van der Waals surface area contributed by atoms with Crippen LogP contribution >= 0.6 is 12.6 Å². The molecule has 0 heterocycles. The summed E-state index contributed by atoms with van der Waals surface area (Å²) >= 11 is 3.89. The number of likely N-dealkylation sites (N-methyl/N-ethyl adjacent to an activating group) is 1. The summed E-state index contributed by atoms with van der Waals surface area (Å²) in [6, 6.07) is 0. The minimum Gasteiger partial charge on any atom is -0.345 e. The number of carbonyl (C=O) groups excluding carboxylic acids is 1. The van der Waals surface area contributed by atoms with Crippen molar-refractivity contribution >= 4 is 18.5 Å². The van der Waals surface area contributed by atoms with E-state index in [1.807, 2.05) is 0 Å². The SMILES string of the molecule is C=C(S)C(=C)C(=O)N(C)C. The van der Waals surface area contributed by atoms with Gasteiger partial charge in [0, 0.05) is 24.6 Å². The van der Waals surface area contributed by atoms with Crippen molar-refractivity contribution in [3.05, 3.63) is 23.6 Å². The first-order valence-corrected chi connectivity index (χ1v) is 3.20. The van der Waals surface area contributed by atoms with E-state index in [0.717, 1.165) is 0 Å². The maximum Gasteiger partial charge on any atom is 0.253 e. The molecule has 0 spiro atoms. The second-order valence-corrected chi connectivity index (χ2v) is 2.66. The highest BCUT2D eigenvalue weighted by molar-refractivity contribution is 7.84. The molecule has 0 atom stereocenters. The van der Waals surface area contributed by atoms with Crippen molar-refractivity contribution in [3.63, 3.8) is 0 Å².